The summed E-state index contributed by atoms with van der Waals surface area (Å²) in [6.45, 7) is 16.5. The molecule has 0 bridgehead atoms. The molecule has 2 rings (SSSR count). The van der Waals surface area contributed by atoms with Crippen LogP contribution in [0.3, 0.4) is 0 Å². The molecule has 0 saturated carbocycles. The van der Waals surface area contributed by atoms with Crippen molar-refractivity contribution in [2.75, 3.05) is 12.9 Å². The van der Waals surface area contributed by atoms with Gasteiger partial charge in [0.2, 0.25) is 0 Å². The van der Waals surface area contributed by atoms with Gasteiger partial charge in [-0.25, -0.2) is 4.79 Å². The number of methoxy groups -OCH3 is 1. The van der Waals surface area contributed by atoms with Crippen LogP contribution in [-0.2, 0) is 5.75 Å². The summed E-state index contributed by atoms with van der Waals surface area (Å²) < 4.78 is 17.4. The largest absolute Gasteiger partial charge is 0.543 e. The lowest BCUT2D eigenvalue weighted by Gasteiger charge is -2.43. The minimum Gasteiger partial charge on any atom is -0.543 e. The Balaban J connectivity index is 2.47. The summed E-state index contributed by atoms with van der Waals surface area (Å²) in [4.78, 5) is 16.6. The van der Waals surface area contributed by atoms with Crippen molar-refractivity contribution in [1.82, 2.24) is 15.5 Å². The fraction of sp³-hybridized carbons (Fsp3) is 0.583. The Labute approximate surface area is 212 Å². The van der Waals surface area contributed by atoms with Crippen molar-refractivity contribution in [2.45, 2.75) is 71.5 Å². The van der Waals surface area contributed by atoms with Crippen LogP contribution in [0, 0.1) is 31.2 Å². The molecule has 0 unspecified atom stereocenters. The SMILES string of the molecule is COc1cc(O[Si](C)(C)C(C)(C)C(C)C)c(CSC[C@H](NC#N)c2nc(C)no2)c(C(=O)O)c1C. The lowest BCUT2D eigenvalue weighted by molar-refractivity contribution is 0.0694. The second-order valence-corrected chi connectivity index (χ2v) is 15.4. The van der Waals surface area contributed by atoms with Gasteiger partial charge in [-0.1, -0.05) is 32.9 Å². The quantitative estimate of drug-likeness (QED) is 0.211. The Morgan fingerprint density at radius 2 is 2.00 bits per heavy atom. The van der Waals surface area contributed by atoms with E-state index in [1.54, 1.807) is 19.9 Å². The van der Waals surface area contributed by atoms with Crippen molar-refractivity contribution in [1.29, 1.82) is 5.26 Å². The number of aromatic nitrogens is 2. The molecule has 0 amide bonds. The average Bonchev–Trinajstić information content (AvgIpc) is 3.20. The van der Waals surface area contributed by atoms with Crippen LogP contribution in [0.25, 0.3) is 0 Å². The van der Waals surface area contributed by atoms with Crippen LogP contribution in [0.2, 0.25) is 18.1 Å². The molecule has 1 aromatic carbocycles. The molecular formula is C24H36N4O5SSi. The number of hydrogen-bond acceptors (Lipinski definition) is 9. The van der Waals surface area contributed by atoms with Crippen LogP contribution in [-0.4, -0.2) is 42.4 Å². The van der Waals surface area contributed by atoms with E-state index in [0.717, 1.165) is 0 Å². The number of ether oxygens (including phenoxy) is 1. The first-order valence-electron chi connectivity index (χ1n) is 11.4. The zero-order valence-electron chi connectivity index (χ0n) is 22.0. The van der Waals surface area contributed by atoms with Crippen molar-refractivity contribution in [3.8, 4) is 17.7 Å². The fourth-order valence-electron chi connectivity index (χ4n) is 3.61. The molecule has 0 spiro atoms. The Morgan fingerprint density at radius 1 is 1.34 bits per heavy atom. The zero-order valence-corrected chi connectivity index (χ0v) is 23.8. The summed E-state index contributed by atoms with van der Waals surface area (Å²) in [7, 11) is -0.822. The number of aryl methyl sites for hydroxylation is 1. The van der Waals surface area contributed by atoms with Gasteiger partial charge in [0.1, 0.15) is 17.5 Å². The number of carboxylic acids is 1. The molecule has 35 heavy (non-hydrogen) atoms. The van der Waals surface area contributed by atoms with Crippen LogP contribution in [0.4, 0.5) is 0 Å². The van der Waals surface area contributed by atoms with Gasteiger partial charge in [0.05, 0.1) is 12.7 Å². The minimum atomic E-state index is -2.35. The van der Waals surface area contributed by atoms with Gasteiger partial charge in [-0.3, -0.25) is 0 Å². The highest BCUT2D eigenvalue weighted by Crippen LogP contribution is 2.46. The van der Waals surface area contributed by atoms with E-state index < -0.39 is 20.3 Å². The maximum Gasteiger partial charge on any atom is 0.336 e. The molecule has 2 N–H and O–H groups in total. The van der Waals surface area contributed by atoms with Crippen LogP contribution < -0.4 is 14.5 Å². The second kappa shape index (κ2) is 11.3. The molecule has 11 heteroatoms. The van der Waals surface area contributed by atoms with E-state index in [2.05, 4.69) is 56.2 Å². The highest BCUT2D eigenvalue weighted by molar-refractivity contribution is 7.98. The lowest BCUT2D eigenvalue weighted by atomic mass is 9.99. The first-order chi connectivity index (χ1) is 16.3. The van der Waals surface area contributed by atoms with Crippen molar-refractivity contribution in [2.24, 2.45) is 5.92 Å². The number of carboxylic acid groups (broad SMARTS) is 1. The molecule has 1 heterocycles. The van der Waals surface area contributed by atoms with Gasteiger partial charge in [0.15, 0.2) is 12.0 Å². The monoisotopic (exact) mass is 520 g/mol. The summed E-state index contributed by atoms with van der Waals surface area (Å²) in [5.41, 5.74) is 1.32. The van der Waals surface area contributed by atoms with Crippen LogP contribution in [0.1, 0.15) is 66.9 Å². The molecule has 0 radical (unpaired) electrons. The van der Waals surface area contributed by atoms with E-state index in [9.17, 15) is 9.90 Å². The van der Waals surface area contributed by atoms with E-state index in [0.29, 0.717) is 51.8 Å². The molecule has 0 aliphatic heterocycles. The summed E-state index contributed by atoms with van der Waals surface area (Å²) >= 11 is 1.46. The smallest absolute Gasteiger partial charge is 0.336 e. The molecule has 192 valence electrons. The number of hydrogen-bond donors (Lipinski definition) is 2. The van der Waals surface area contributed by atoms with E-state index >= 15 is 0 Å². The number of carbonyl (C=O) groups is 1. The fourth-order valence-corrected chi connectivity index (χ4v) is 7.07. The van der Waals surface area contributed by atoms with E-state index in [-0.39, 0.29) is 10.6 Å². The third-order valence-corrected chi connectivity index (χ3v) is 12.5. The van der Waals surface area contributed by atoms with Crippen LogP contribution >= 0.6 is 11.8 Å². The van der Waals surface area contributed by atoms with Crippen molar-refractivity contribution < 1.29 is 23.6 Å². The number of benzene rings is 1. The molecule has 1 aromatic heterocycles. The van der Waals surface area contributed by atoms with Gasteiger partial charge in [-0.05, 0) is 37.9 Å². The van der Waals surface area contributed by atoms with E-state index in [1.807, 2.05) is 6.19 Å². The summed E-state index contributed by atoms with van der Waals surface area (Å²) in [6, 6.07) is 1.31. The van der Waals surface area contributed by atoms with Crippen molar-refractivity contribution in [3.05, 3.63) is 34.5 Å². The van der Waals surface area contributed by atoms with E-state index in [1.165, 1.54) is 18.9 Å². The first-order valence-corrected chi connectivity index (χ1v) is 15.5. The molecule has 1 atom stereocenters. The van der Waals surface area contributed by atoms with Crippen LogP contribution in [0.15, 0.2) is 10.6 Å². The molecule has 2 aromatic rings. The number of thioether (sulfide) groups is 1. The highest BCUT2D eigenvalue weighted by Gasteiger charge is 2.45. The molecular weight excluding hydrogens is 484 g/mol. The van der Waals surface area contributed by atoms with Gasteiger partial charge in [-0.2, -0.15) is 22.0 Å². The molecule has 0 saturated heterocycles. The third-order valence-electron chi connectivity index (χ3n) is 7.01. The van der Waals surface area contributed by atoms with E-state index in [4.69, 9.17) is 18.9 Å². The van der Waals surface area contributed by atoms with Crippen molar-refractivity contribution >= 4 is 26.0 Å². The third kappa shape index (κ3) is 6.30. The number of nitrogens with one attached hydrogen (secondary N) is 1. The number of nitriles is 1. The predicted molar refractivity (Wildman–Crippen MR) is 138 cm³/mol. The van der Waals surface area contributed by atoms with Crippen LogP contribution in [0.5, 0.6) is 11.5 Å². The van der Waals surface area contributed by atoms with Gasteiger partial charge >= 0.3 is 5.97 Å². The Kier molecular flexibility index (Phi) is 9.25. The Bertz CT molecular complexity index is 1090. The summed E-state index contributed by atoms with van der Waals surface area (Å²) in [5, 5.41) is 25.7. The average molecular weight is 521 g/mol. The number of nitrogens with zero attached hydrogens (tertiary/aromatic N) is 3. The minimum absolute atomic E-state index is 0.0729. The second-order valence-electron chi connectivity index (χ2n) is 9.85. The number of aromatic carboxylic acids is 1. The number of rotatable bonds is 12. The topological polar surface area (TPSA) is 130 Å². The normalized spacial score (nSPS) is 12.8. The van der Waals surface area contributed by atoms with Gasteiger partial charge < -0.3 is 24.1 Å². The molecule has 0 aliphatic rings. The first kappa shape index (κ1) is 28.5. The standard InChI is InChI=1S/C24H36N4O5SSi/c1-14(2)24(5,6)35(8,9)33-20-10-19(31-7)15(3)21(23(29)30)17(20)11-34-12-18(26-13-25)22-27-16(4)28-32-22/h10,14,18,26H,11-12H2,1-9H3,(H,29,30)/t18-/m0/s1. The maximum atomic E-state index is 12.4. The van der Waals surface area contributed by atoms with Gasteiger partial charge in [0, 0.05) is 28.7 Å². The van der Waals surface area contributed by atoms with Gasteiger partial charge in [0.25, 0.3) is 14.2 Å². The Hall–Kier alpha value is -2.71. The van der Waals surface area contributed by atoms with Crippen molar-refractivity contribution in [3.63, 3.8) is 0 Å². The Morgan fingerprint density at radius 3 is 2.49 bits per heavy atom. The summed E-state index contributed by atoms with van der Waals surface area (Å²) in [6.07, 6.45) is 1.93. The maximum absolute atomic E-state index is 12.4. The molecule has 9 nitrogen and oxygen atoms in total. The lowest BCUT2D eigenvalue weighted by Crippen LogP contribution is -2.48. The molecule has 0 aliphatic carbocycles. The highest BCUT2D eigenvalue weighted by atomic mass is 32.2. The summed E-state index contributed by atoms with van der Waals surface area (Å²) in [5.74, 6) is 1.90. The predicted octanol–water partition coefficient (Wildman–Crippen LogP) is 5.46. The zero-order chi connectivity index (χ0) is 26.6. The van der Waals surface area contributed by atoms with Gasteiger partial charge in [-0.15, -0.1) is 0 Å². The molecule has 0 fully saturated rings.